The SMILES string of the molecule is NC1(C(=O)O)CCN(Cc2ccccc2)CC1.O=C1CC2(CCN(Cc3ccccc3)CC2)C(=O)N1. The number of carbonyl (C=O) groups excluding carboxylic acids is 2. The van der Waals surface area contributed by atoms with Crippen molar-refractivity contribution in [2.24, 2.45) is 11.1 Å². The highest BCUT2D eigenvalue weighted by Gasteiger charge is 2.48. The first-order valence-electron chi connectivity index (χ1n) is 12.7. The summed E-state index contributed by atoms with van der Waals surface area (Å²) in [5, 5.41) is 11.5. The Hall–Kier alpha value is -3.07. The number of carboxylic acids is 1. The van der Waals surface area contributed by atoms with Gasteiger partial charge in [0.2, 0.25) is 11.8 Å². The first kappa shape index (κ1) is 26.0. The van der Waals surface area contributed by atoms with Crippen LogP contribution in [0.15, 0.2) is 60.7 Å². The summed E-state index contributed by atoms with van der Waals surface area (Å²) in [5.74, 6) is -1.05. The van der Waals surface area contributed by atoms with E-state index >= 15 is 0 Å². The molecule has 4 N–H and O–H groups in total. The predicted octanol–water partition coefficient (Wildman–Crippen LogP) is 2.38. The summed E-state index contributed by atoms with van der Waals surface area (Å²) in [4.78, 5) is 38.8. The van der Waals surface area contributed by atoms with E-state index in [1.54, 1.807) is 0 Å². The van der Waals surface area contributed by atoms with Crippen molar-refractivity contribution in [1.29, 1.82) is 0 Å². The van der Waals surface area contributed by atoms with E-state index in [0.29, 0.717) is 19.3 Å². The Morgan fingerprint density at radius 3 is 1.64 bits per heavy atom. The van der Waals surface area contributed by atoms with Crippen LogP contribution in [0.1, 0.15) is 43.2 Å². The van der Waals surface area contributed by atoms with Crippen molar-refractivity contribution in [3.05, 3.63) is 71.8 Å². The molecule has 0 radical (unpaired) electrons. The Morgan fingerprint density at radius 1 is 0.806 bits per heavy atom. The molecule has 36 heavy (non-hydrogen) atoms. The van der Waals surface area contributed by atoms with Crippen LogP contribution in [-0.4, -0.2) is 64.4 Å². The highest BCUT2D eigenvalue weighted by Crippen LogP contribution is 2.38. The lowest BCUT2D eigenvalue weighted by Gasteiger charge is -2.36. The zero-order chi connectivity index (χ0) is 25.6. The second-order valence-electron chi connectivity index (χ2n) is 10.3. The van der Waals surface area contributed by atoms with Gasteiger partial charge in [0.1, 0.15) is 5.54 Å². The van der Waals surface area contributed by atoms with Crippen molar-refractivity contribution in [2.75, 3.05) is 26.2 Å². The van der Waals surface area contributed by atoms with Crippen molar-refractivity contribution < 1.29 is 19.5 Å². The summed E-state index contributed by atoms with van der Waals surface area (Å²) >= 11 is 0. The van der Waals surface area contributed by atoms with E-state index in [1.165, 1.54) is 11.1 Å². The molecule has 0 saturated carbocycles. The van der Waals surface area contributed by atoms with Gasteiger partial charge in [-0.2, -0.15) is 0 Å². The van der Waals surface area contributed by atoms with Crippen molar-refractivity contribution in [3.63, 3.8) is 0 Å². The number of aliphatic carboxylic acids is 1. The number of imide groups is 1. The molecule has 0 atom stereocenters. The van der Waals surface area contributed by atoms with Crippen LogP contribution >= 0.6 is 0 Å². The third-order valence-corrected chi connectivity index (χ3v) is 7.72. The van der Waals surface area contributed by atoms with Crippen LogP contribution in [0.25, 0.3) is 0 Å². The molecule has 2 aromatic rings. The largest absolute Gasteiger partial charge is 0.480 e. The molecule has 0 unspecified atom stereocenters. The molecule has 0 aliphatic carbocycles. The zero-order valence-corrected chi connectivity index (χ0v) is 20.7. The number of piperidine rings is 2. The third-order valence-electron chi connectivity index (χ3n) is 7.72. The number of nitrogens with one attached hydrogen (secondary N) is 1. The number of benzene rings is 2. The van der Waals surface area contributed by atoms with E-state index in [2.05, 4.69) is 39.4 Å². The first-order valence-corrected chi connectivity index (χ1v) is 12.7. The number of likely N-dealkylation sites (tertiary alicyclic amines) is 2. The molecule has 3 fully saturated rings. The van der Waals surface area contributed by atoms with E-state index in [0.717, 1.165) is 52.1 Å². The van der Waals surface area contributed by atoms with Crippen LogP contribution in [0.4, 0.5) is 0 Å². The minimum absolute atomic E-state index is 0.0585. The van der Waals surface area contributed by atoms with Gasteiger partial charge in [0.15, 0.2) is 0 Å². The maximum atomic E-state index is 11.9. The van der Waals surface area contributed by atoms with Crippen LogP contribution in [0.2, 0.25) is 0 Å². The summed E-state index contributed by atoms with van der Waals surface area (Å²) in [5.41, 5.74) is 6.95. The molecule has 8 heteroatoms. The summed E-state index contributed by atoms with van der Waals surface area (Å²) in [7, 11) is 0. The number of hydrogen-bond donors (Lipinski definition) is 3. The van der Waals surface area contributed by atoms with E-state index < -0.39 is 16.9 Å². The molecule has 2 amide bonds. The molecule has 3 aliphatic rings. The summed E-state index contributed by atoms with van der Waals surface area (Å²) < 4.78 is 0. The van der Waals surface area contributed by atoms with E-state index in [9.17, 15) is 14.4 Å². The zero-order valence-electron chi connectivity index (χ0n) is 20.7. The Balaban J connectivity index is 0.000000170. The minimum Gasteiger partial charge on any atom is -0.480 e. The molecule has 8 nitrogen and oxygen atoms in total. The fourth-order valence-corrected chi connectivity index (χ4v) is 5.24. The van der Waals surface area contributed by atoms with Gasteiger partial charge in [0, 0.05) is 32.6 Å². The summed E-state index contributed by atoms with van der Waals surface area (Å²) in [6, 6.07) is 20.6. The van der Waals surface area contributed by atoms with Gasteiger partial charge < -0.3 is 10.8 Å². The van der Waals surface area contributed by atoms with Gasteiger partial charge in [-0.25, -0.2) is 0 Å². The Morgan fingerprint density at radius 2 is 1.25 bits per heavy atom. The molecule has 192 valence electrons. The molecule has 3 heterocycles. The van der Waals surface area contributed by atoms with Crippen LogP contribution in [0.3, 0.4) is 0 Å². The Kier molecular flexibility index (Phi) is 8.18. The number of carboxylic acid groups (broad SMARTS) is 1. The van der Waals surface area contributed by atoms with Crippen LogP contribution in [-0.2, 0) is 27.5 Å². The van der Waals surface area contributed by atoms with Gasteiger partial charge in [-0.15, -0.1) is 0 Å². The molecule has 1 spiro atoms. The lowest BCUT2D eigenvalue weighted by atomic mass is 9.77. The highest BCUT2D eigenvalue weighted by atomic mass is 16.4. The second-order valence-corrected chi connectivity index (χ2v) is 10.3. The smallest absolute Gasteiger partial charge is 0.323 e. The van der Waals surface area contributed by atoms with Gasteiger partial charge in [-0.1, -0.05) is 60.7 Å². The molecular weight excluding hydrogens is 456 g/mol. The molecule has 0 aromatic heterocycles. The number of carbonyl (C=O) groups is 3. The maximum absolute atomic E-state index is 11.9. The molecule has 3 saturated heterocycles. The lowest BCUT2D eigenvalue weighted by Crippen LogP contribution is -2.55. The second kappa shape index (κ2) is 11.3. The number of hydrogen-bond acceptors (Lipinski definition) is 6. The number of nitrogens with zero attached hydrogens (tertiary/aromatic N) is 2. The fraction of sp³-hybridized carbons (Fsp3) is 0.464. The average molecular weight is 493 g/mol. The standard InChI is InChI=1S/C15H18N2O2.C13H18N2O2/c18-13-10-15(14(19)16-13)6-8-17(9-7-15)11-12-4-2-1-3-5-12;14-13(12(16)17)6-8-15(9-7-13)10-11-4-2-1-3-5-11/h1-5H,6-11H2,(H,16,18,19);1-5H,6-10,14H2,(H,16,17). The van der Waals surface area contributed by atoms with Crippen molar-refractivity contribution in [2.45, 2.75) is 50.7 Å². The van der Waals surface area contributed by atoms with E-state index in [1.807, 2.05) is 36.4 Å². The van der Waals surface area contributed by atoms with Crippen molar-refractivity contribution in [1.82, 2.24) is 15.1 Å². The molecular formula is C28H36N4O4. The van der Waals surface area contributed by atoms with Crippen LogP contribution in [0, 0.1) is 5.41 Å². The summed E-state index contributed by atoms with van der Waals surface area (Å²) in [6.07, 6.45) is 3.00. The topological polar surface area (TPSA) is 116 Å². The fourth-order valence-electron chi connectivity index (χ4n) is 5.24. The van der Waals surface area contributed by atoms with Gasteiger partial charge in [-0.05, 0) is 49.9 Å². The number of nitrogens with two attached hydrogens (primary N) is 1. The third kappa shape index (κ3) is 6.37. The van der Waals surface area contributed by atoms with Gasteiger partial charge in [0.25, 0.3) is 0 Å². The first-order chi connectivity index (χ1) is 17.3. The van der Waals surface area contributed by atoms with Crippen molar-refractivity contribution >= 4 is 17.8 Å². The molecule has 2 aromatic carbocycles. The monoisotopic (exact) mass is 492 g/mol. The minimum atomic E-state index is -1.02. The van der Waals surface area contributed by atoms with E-state index in [4.69, 9.17) is 10.8 Å². The maximum Gasteiger partial charge on any atom is 0.323 e. The number of rotatable bonds is 5. The average Bonchev–Trinajstić information content (AvgIpc) is 3.16. The Bertz CT molecular complexity index is 1040. The normalized spacial score (nSPS) is 21.5. The predicted molar refractivity (Wildman–Crippen MR) is 137 cm³/mol. The molecule has 5 rings (SSSR count). The molecule has 0 bridgehead atoms. The van der Waals surface area contributed by atoms with E-state index in [-0.39, 0.29) is 11.8 Å². The Labute approximate surface area is 212 Å². The van der Waals surface area contributed by atoms with Crippen LogP contribution < -0.4 is 11.1 Å². The van der Waals surface area contributed by atoms with Gasteiger partial charge in [0.05, 0.1) is 5.41 Å². The highest BCUT2D eigenvalue weighted by molar-refractivity contribution is 6.05. The number of amides is 2. The summed E-state index contributed by atoms with van der Waals surface area (Å²) in [6.45, 7) is 5.06. The molecule has 3 aliphatic heterocycles. The quantitative estimate of drug-likeness (QED) is 0.549. The van der Waals surface area contributed by atoms with Gasteiger partial charge >= 0.3 is 5.97 Å². The lowest BCUT2D eigenvalue weighted by molar-refractivity contribution is -0.145. The van der Waals surface area contributed by atoms with Crippen LogP contribution in [0.5, 0.6) is 0 Å². The van der Waals surface area contributed by atoms with Crippen molar-refractivity contribution in [3.8, 4) is 0 Å². The van der Waals surface area contributed by atoms with Gasteiger partial charge in [-0.3, -0.25) is 29.5 Å².